The fourth-order valence-corrected chi connectivity index (χ4v) is 1.86. The van der Waals surface area contributed by atoms with Crippen molar-refractivity contribution in [3.63, 3.8) is 0 Å². The molecule has 0 radical (unpaired) electrons. The first kappa shape index (κ1) is 15.2. The van der Waals surface area contributed by atoms with Gasteiger partial charge in [0.15, 0.2) is 0 Å². The van der Waals surface area contributed by atoms with E-state index in [2.05, 4.69) is 13.8 Å². The Balaban J connectivity index is 3.11. The summed E-state index contributed by atoms with van der Waals surface area (Å²) in [6.07, 6.45) is 0. The molecule has 0 aliphatic heterocycles. The van der Waals surface area contributed by atoms with Gasteiger partial charge in [0, 0.05) is 12.7 Å². The van der Waals surface area contributed by atoms with E-state index in [9.17, 15) is 9.59 Å². The Bertz CT molecular complexity index is 494. The number of carbonyl (C=O) groups is 2. The SMILES string of the molecule is Cc1ccc(C(C)C)cc1N(C)C(=O)C(C)C(=O)O. The van der Waals surface area contributed by atoms with Crippen molar-refractivity contribution in [2.24, 2.45) is 5.92 Å². The van der Waals surface area contributed by atoms with E-state index in [1.54, 1.807) is 7.05 Å². The van der Waals surface area contributed by atoms with Crippen LogP contribution in [-0.2, 0) is 9.59 Å². The average molecular weight is 263 g/mol. The Morgan fingerprint density at radius 3 is 2.26 bits per heavy atom. The van der Waals surface area contributed by atoms with Crippen LogP contribution in [0, 0.1) is 12.8 Å². The molecule has 4 nitrogen and oxygen atoms in total. The number of nitrogens with zero attached hydrogens (tertiary/aromatic N) is 1. The Morgan fingerprint density at radius 1 is 1.21 bits per heavy atom. The lowest BCUT2D eigenvalue weighted by atomic mass is 9.99. The Kier molecular flexibility index (Phi) is 4.70. The van der Waals surface area contributed by atoms with Gasteiger partial charge in [0.1, 0.15) is 5.92 Å². The lowest BCUT2D eigenvalue weighted by Crippen LogP contribution is -2.35. The molecule has 1 aromatic rings. The van der Waals surface area contributed by atoms with Crippen LogP contribution in [0.1, 0.15) is 37.8 Å². The van der Waals surface area contributed by atoms with Crippen molar-refractivity contribution in [3.05, 3.63) is 29.3 Å². The molecule has 0 saturated carbocycles. The number of benzene rings is 1. The molecule has 4 heteroatoms. The first-order chi connectivity index (χ1) is 8.75. The van der Waals surface area contributed by atoms with Crippen LogP contribution in [0.5, 0.6) is 0 Å². The first-order valence-corrected chi connectivity index (χ1v) is 6.36. The lowest BCUT2D eigenvalue weighted by molar-refractivity contribution is -0.145. The molecule has 0 aromatic heterocycles. The summed E-state index contributed by atoms with van der Waals surface area (Å²) in [5.41, 5.74) is 2.85. The van der Waals surface area contributed by atoms with Gasteiger partial charge >= 0.3 is 5.97 Å². The highest BCUT2D eigenvalue weighted by Crippen LogP contribution is 2.25. The Hall–Kier alpha value is -1.84. The number of carboxylic acids is 1. The monoisotopic (exact) mass is 263 g/mol. The molecule has 1 atom stereocenters. The Labute approximate surface area is 114 Å². The van der Waals surface area contributed by atoms with Crippen molar-refractivity contribution in [1.29, 1.82) is 0 Å². The molecule has 0 spiro atoms. The molecule has 0 aliphatic carbocycles. The van der Waals surface area contributed by atoms with Gasteiger partial charge in [-0.05, 0) is 37.0 Å². The van der Waals surface area contributed by atoms with E-state index in [0.29, 0.717) is 5.92 Å². The van der Waals surface area contributed by atoms with E-state index in [4.69, 9.17) is 5.11 Å². The molecule has 0 heterocycles. The highest BCUT2D eigenvalue weighted by atomic mass is 16.4. The number of carboxylic acid groups (broad SMARTS) is 1. The molecule has 0 aliphatic rings. The third-order valence-corrected chi connectivity index (χ3v) is 3.33. The highest BCUT2D eigenvalue weighted by Gasteiger charge is 2.25. The number of hydrogen-bond acceptors (Lipinski definition) is 2. The van der Waals surface area contributed by atoms with Crippen molar-refractivity contribution < 1.29 is 14.7 Å². The normalized spacial score (nSPS) is 12.3. The van der Waals surface area contributed by atoms with Crippen molar-refractivity contribution in [2.75, 3.05) is 11.9 Å². The third kappa shape index (κ3) is 3.34. The van der Waals surface area contributed by atoms with Gasteiger partial charge in [0.2, 0.25) is 5.91 Å². The van der Waals surface area contributed by atoms with E-state index >= 15 is 0 Å². The van der Waals surface area contributed by atoms with Gasteiger partial charge in [-0.1, -0.05) is 26.0 Å². The second-order valence-corrected chi connectivity index (χ2v) is 5.16. The zero-order chi connectivity index (χ0) is 14.7. The number of aliphatic carboxylic acids is 1. The van der Waals surface area contributed by atoms with Gasteiger partial charge in [-0.25, -0.2) is 0 Å². The molecular formula is C15H21NO3. The summed E-state index contributed by atoms with van der Waals surface area (Å²) in [6, 6.07) is 5.94. The van der Waals surface area contributed by atoms with Crippen LogP contribution in [0.15, 0.2) is 18.2 Å². The maximum atomic E-state index is 12.1. The standard InChI is InChI=1S/C15H21NO3/c1-9(2)12-7-6-10(3)13(8-12)16(5)14(17)11(4)15(18)19/h6-9,11H,1-5H3,(H,18,19). The van der Waals surface area contributed by atoms with E-state index in [1.165, 1.54) is 11.8 Å². The second-order valence-electron chi connectivity index (χ2n) is 5.16. The summed E-state index contributed by atoms with van der Waals surface area (Å²) >= 11 is 0. The first-order valence-electron chi connectivity index (χ1n) is 6.36. The number of carbonyl (C=O) groups excluding carboxylic acids is 1. The molecule has 0 fully saturated rings. The minimum atomic E-state index is -1.10. The Morgan fingerprint density at radius 2 is 1.79 bits per heavy atom. The molecular weight excluding hydrogens is 242 g/mol. The smallest absolute Gasteiger partial charge is 0.315 e. The average Bonchev–Trinajstić information content (AvgIpc) is 2.36. The van der Waals surface area contributed by atoms with Crippen LogP contribution in [0.2, 0.25) is 0 Å². The number of aryl methyl sites for hydroxylation is 1. The summed E-state index contributed by atoms with van der Waals surface area (Å²) in [7, 11) is 1.62. The van der Waals surface area contributed by atoms with Gasteiger partial charge in [0.25, 0.3) is 0 Å². The minimum Gasteiger partial charge on any atom is -0.481 e. The summed E-state index contributed by atoms with van der Waals surface area (Å²) in [4.78, 5) is 24.4. The molecule has 0 saturated heterocycles. The molecule has 19 heavy (non-hydrogen) atoms. The summed E-state index contributed by atoms with van der Waals surface area (Å²) in [5, 5.41) is 8.91. The summed E-state index contributed by atoms with van der Waals surface area (Å²) in [5.74, 6) is -2.18. The van der Waals surface area contributed by atoms with Crippen molar-refractivity contribution in [2.45, 2.75) is 33.6 Å². The number of rotatable bonds is 4. The summed E-state index contributed by atoms with van der Waals surface area (Å²) < 4.78 is 0. The van der Waals surface area contributed by atoms with E-state index < -0.39 is 17.8 Å². The molecule has 1 unspecified atom stereocenters. The van der Waals surface area contributed by atoms with E-state index in [1.807, 2.05) is 25.1 Å². The summed E-state index contributed by atoms with van der Waals surface area (Å²) in [6.45, 7) is 7.48. The van der Waals surface area contributed by atoms with Crippen LogP contribution < -0.4 is 4.90 Å². The van der Waals surface area contributed by atoms with Crippen molar-refractivity contribution >= 4 is 17.6 Å². The fourth-order valence-electron chi connectivity index (χ4n) is 1.86. The maximum Gasteiger partial charge on any atom is 0.315 e. The molecule has 0 bridgehead atoms. The third-order valence-electron chi connectivity index (χ3n) is 3.33. The molecule has 1 N–H and O–H groups in total. The molecule has 1 rings (SSSR count). The number of amides is 1. The predicted octanol–water partition coefficient (Wildman–Crippen LogP) is 2.80. The van der Waals surface area contributed by atoms with Gasteiger partial charge in [-0.2, -0.15) is 0 Å². The predicted molar refractivity (Wildman–Crippen MR) is 75.5 cm³/mol. The van der Waals surface area contributed by atoms with Gasteiger partial charge < -0.3 is 10.0 Å². The van der Waals surface area contributed by atoms with Gasteiger partial charge in [-0.15, -0.1) is 0 Å². The van der Waals surface area contributed by atoms with Crippen molar-refractivity contribution in [3.8, 4) is 0 Å². The molecule has 1 aromatic carbocycles. The van der Waals surface area contributed by atoms with Crippen LogP contribution in [0.3, 0.4) is 0 Å². The van der Waals surface area contributed by atoms with E-state index in [-0.39, 0.29) is 0 Å². The molecule has 1 amide bonds. The molecule has 104 valence electrons. The van der Waals surface area contributed by atoms with Crippen LogP contribution in [0.25, 0.3) is 0 Å². The van der Waals surface area contributed by atoms with Gasteiger partial charge in [-0.3, -0.25) is 9.59 Å². The minimum absolute atomic E-state index is 0.361. The largest absolute Gasteiger partial charge is 0.481 e. The van der Waals surface area contributed by atoms with E-state index in [0.717, 1.165) is 16.8 Å². The second kappa shape index (κ2) is 5.87. The van der Waals surface area contributed by atoms with Crippen molar-refractivity contribution in [1.82, 2.24) is 0 Å². The fraction of sp³-hybridized carbons (Fsp3) is 0.467. The maximum absolute atomic E-state index is 12.1. The number of hydrogen-bond donors (Lipinski definition) is 1. The zero-order valence-corrected chi connectivity index (χ0v) is 12.1. The quantitative estimate of drug-likeness (QED) is 0.850. The van der Waals surface area contributed by atoms with Crippen LogP contribution in [0.4, 0.5) is 5.69 Å². The van der Waals surface area contributed by atoms with Gasteiger partial charge in [0.05, 0.1) is 0 Å². The number of anilines is 1. The van der Waals surface area contributed by atoms with Crippen LogP contribution in [-0.4, -0.2) is 24.0 Å². The van der Waals surface area contributed by atoms with Crippen LogP contribution >= 0.6 is 0 Å². The lowest BCUT2D eigenvalue weighted by Gasteiger charge is -2.23. The highest BCUT2D eigenvalue weighted by molar-refractivity contribution is 6.05. The zero-order valence-electron chi connectivity index (χ0n) is 12.1. The topological polar surface area (TPSA) is 57.6 Å².